The van der Waals surface area contributed by atoms with Crippen LogP contribution in [0.2, 0.25) is 5.02 Å². The van der Waals surface area contributed by atoms with Gasteiger partial charge in [0.1, 0.15) is 5.82 Å². The molecule has 0 bridgehead atoms. The van der Waals surface area contributed by atoms with Gasteiger partial charge >= 0.3 is 0 Å². The van der Waals surface area contributed by atoms with Crippen LogP contribution in [0.1, 0.15) is 5.69 Å². The molecule has 2 N–H and O–H groups in total. The maximum Gasteiger partial charge on any atom is 0.126 e. The second-order valence-electron chi connectivity index (χ2n) is 4.06. The van der Waals surface area contributed by atoms with Crippen molar-refractivity contribution in [2.24, 2.45) is 0 Å². The average Bonchev–Trinajstić information content (AvgIpc) is 2.19. The molecule has 0 radical (unpaired) electrons. The van der Waals surface area contributed by atoms with Crippen LogP contribution < -0.4 is 5.32 Å². The normalized spacial score (nSPS) is 12.9. The Kier molecular flexibility index (Phi) is 4.99. The summed E-state index contributed by atoms with van der Waals surface area (Å²) < 4.78 is 0. The third kappa shape index (κ3) is 4.35. The standard InChI is InChI=1S/C11H18ClN3O/c1-8-10(12)4-5-11(14-8)13-6-9(16)7-15(2)3/h4-5,9,16H,6-7H2,1-3H3,(H,13,14)/t9-/m1/s1. The summed E-state index contributed by atoms with van der Waals surface area (Å²) in [4.78, 5) is 6.19. The lowest BCUT2D eigenvalue weighted by Gasteiger charge is -2.16. The Morgan fingerprint density at radius 3 is 2.75 bits per heavy atom. The van der Waals surface area contributed by atoms with Crippen LogP contribution in [0.25, 0.3) is 0 Å². The summed E-state index contributed by atoms with van der Waals surface area (Å²) in [6, 6.07) is 3.60. The van der Waals surface area contributed by atoms with Gasteiger partial charge in [-0.1, -0.05) is 11.6 Å². The number of aliphatic hydroxyl groups is 1. The fraction of sp³-hybridized carbons (Fsp3) is 0.545. The molecule has 0 aliphatic heterocycles. The third-order valence-electron chi connectivity index (χ3n) is 2.12. The maximum atomic E-state index is 9.65. The topological polar surface area (TPSA) is 48.4 Å². The molecule has 0 aliphatic rings. The van der Waals surface area contributed by atoms with Crippen molar-refractivity contribution < 1.29 is 5.11 Å². The molecule has 5 heteroatoms. The van der Waals surface area contributed by atoms with Gasteiger partial charge in [-0.3, -0.25) is 0 Å². The largest absolute Gasteiger partial charge is 0.390 e. The zero-order valence-corrected chi connectivity index (χ0v) is 10.6. The molecule has 1 heterocycles. The highest BCUT2D eigenvalue weighted by molar-refractivity contribution is 6.31. The predicted octanol–water partition coefficient (Wildman–Crippen LogP) is 1.38. The summed E-state index contributed by atoms with van der Waals surface area (Å²) in [5.41, 5.74) is 0.786. The minimum atomic E-state index is -0.409. The van der Waals surface area contributed by atoms with E-state index >= 15 is 0 Å². The van der Waals surface area contributed by atoms with E-state index in [9.17, 15) is 5.11 Å². The van der Waals surface area contributed by atoms with Crippen LogP contribution in [0.15, 0.2) is 12.1 Å². The molecule has 4 nitrogen and oxygen atoms in total. The molecule has 90 valence electrons. The molecule has 0 aromatic carbocycles. The molecule has 1 aromatic heterocycles. The number of likely N-dealkylation sites (N-methyl/N-ethyl adjacent to an activating group) is 1. The van der Waals surface area contributed by atoms with Crippen molar-refractivity contribution in [3.8, 4) is 0 Å². The summed E-state index contributed by atoms with van der Waals surface area (Å²) in [7, 11) is 3.85. The third-order valence-corrected chi connectivity index (χ3v) is 2.52. The smallest absolute Gasteiger partial charge is 0.126 e. The monoisotopic (exact) mass is 243 g/mol. The molecule has 1 rings (SSSR count). The Bertz CT molecular complexity index is 344. The molecule has 16 heavy (non-hydrogen) atoms. The lowest BCUT2D eigenvalue weighted by atomic mass is 10.3. The van der Waals surface area contributed by atoms with E-state index in [-0.39, 0.29) is 0 Å². The molecule has 1 aromatic rings. The number of rotatable bonds is 5. The Morgan fingerprint density at radius 2 is 2.19 bits per heavy atom. The van der Waals surface area contributed by atoms with Crippen molar-refractivity contribution in [2.75, 3.05) is 32.5 Å². The van der Waals surface area contributed by atoms with E-state index in [1.807, 2.05) is 25.9 Å². The Balaban J connectivity index is 2.45. The minimum Gasteiger partial charge on any atom is -0.390 e. The van der Waals surface area contributed by atoms with E-state index in [4.69, 9.17) is 11.6 Å². The number of aromatic nitrogens is 1. The van der Waals surface area contributed by atoms with Gasteiger partial charge < -0.3 is 15.3 Å². The van der Waals surface area contributed by atoms with E-state index < -0.39 is 6.10 Å². The van der Waals surface area contributed by atoms with Gasteiger partial charge in [-0.15, -0.1) is 0 Å². The van der Waals surface area contributed by atoms with Crippen molar-refractivity contribution in [2.45, 2.75) is 13.0 Å². The van der Waals surface area contributed by atoms with E-state index in [1.54, 1.807) is 12.1 Å². The van der Waals surface area contributed by atoms with Gasteiger partial charge in [0.2, 0.25) is 0 Å². The number of nitrogens with one attached hydrogen (secondary N) is 1. The highest BCUT2D eigenvalue weighted by Gasteiger charge is 2.06. The molecule has 0 unspecified atom stereocenters. The first-order valence-electron chi connectivity index (χ1n) is 5.19. The number of aryl methyl sites for hydroxylation is 1. The highest BCUT2D eigenvalue weighted by atomic mass is 35.5. The predicted molar refractivity (Wildman–Crippen MR) is 67.0 cm³/mol. The number of hydrogen-bond donors (Lipinski definition) is 2. The zero-order chi connectivity index (χ0) is 12.1. The van der Waals surface area contributed by atoms with Gasteiger partial charge in [0.25, 0.3) is 0 Å². The molecule has 0 saturated heterocycles. The Labute approximate surface area is 101 Å². The molecule has 0 saturated carbocycles. The number of halogens is 1. The zero-order valence-electron chi connectivity index (χ0n) is 9.87. The summed E-state index contributed by atoms with van der Waals surface area (Å²) in [6.07, 6.45) is -0.409. The quantitative estimate of drug-likeness (QED) is 0.820. The van der Waals surface area contributed by atoms with Gasteiger partial charge in [0.15, 0.2) is 0 Å². The summed E-state index contributed by atoms with van der Waals surface area (Å²) in [5.74, 6) is 0.736. The molecule has 0 aliphatic carbocycles. The van der Waals surface area contributed by atoms with E-state index in [1.165, 1.54) is 0 Å². The van der Waals surface area contributed by atoms with Gasteiger partial charge in [0.05, 0.1) is 16.8 Å². The first-order valence-corrected chi connectivity index (χ1v) is 5.56. The van der Waals surface area contributed by atoms with Crippen molar-refractivity contribution in [1.82, 2.24) is 9.88 Å². The van der Waals surface area contributed by atoms with Crippen LogP contribution in [0.5, 0.6) is 0 Å². The van der Waals surface area contributed by atoms with Crippen molar-refractivity contribution in [3.63, 3.8) is 0 Å². The SMILES string of the molecule is Cc1nc(NC[C@@H](O)CN(C)C)ccc1Cl. The van der Waals surface area contributed by atoms with Crippen LogP contribution in [0, 0.1) is 6.92 Å². The van der Waals surface area contributed by atoms with Crippen molar-refractivity contribution >= 4 is 17.4 Å². The highest BCUT2D eigenvalue weighted by Crippen LogP contribution is 2.15. The number of aliphatic hydroxyl groups excluding tert-OH is 1. The Morgan fingerprint density at radius 1 is 1.50 bits per heavy atom. The molecule has 0 amide bonds. The van der Waals surface area contributed by atoms with Crippen molar-refractivity contribution in [1.29, 1.82) is 0 Å². The first-order chi connectivity index (χ1) is 7.49. The van der Waals surface area contributed by atoms with Crippen LogP contribution in [-0.4, -0.2) is 48.3 Å². The van der Waals surface area contributed by atoms with Crippen LogP contribution in [-0.2, 0) is 0 Å². The van der Waals surface area contributed by atoms with Gasteiger partial charge in [-0.05, 0) is 33.2 Å². The second-order valence-corrected chi connectivity index (χ2v) is 4.47. The van der Waals surface area contributed by atoms with Gasteiger partial charge in [0, 0.05) is 13.1 Å². The number of pyridine rings is 1. The van der Waals surface area contributed by atoms with Crippen LogP contribution in [0.4, 0.5) is 5.82 Å². The second kappa shape index (κ2) is 6.03. The summed E-state index contributed by atoms with van der Waals surface area (Å²) >= 11 is 5.87. The van der Waals surface area contributed by atoms with Crippen LogP contribution in [0.3, 0.4) is 0 Å². The summed E-state index contributed by atoms with van der Waals surface area (Å²) in [5, 5.41) is 13.4. The van der Waals surface area contributed by atoms with E-state index in [0.717, 1.165) is 11.5 Å². The minimum absolute atomic E-state index is 0.409. The molecular formula is C11H18ClN3O. The van der Waals surface area contributed by atoms with Gasteiger partial charge in [-0.2, -0.15) is 0 Å². The molecule has 0 spiro atoms. The fourth-order valence-corrected chi connectivity index (χ4v) is 1.46. The maximum absolute atomic E-state index is 9.65. The average molecular weight is 244 g/mol. The molecule has 1 atom stereocenters. The van der Waals surface area contributed by atoms with E-state index in [0.29, 0.717) is 18.1 Å². The van der Waals surface area contributed by atoms with Crippen LogP contribution >= 0.6 is 11.6 Å². The first kappa shape index (κ1) is 13.2. The molecule has 0 fully saturated rings. The number of anilines is 1. The van der Waals surface area contributed by atoms with Gasteiger partial charge in [-0.25, -0.2) is 4.98 Å². The fourth-order valence-electron chi connectivity index (χ4n) is 1.35. The number of hydrogen-bond acceptors (Lipinski definition) is 4. The lowest BCUT2D eigenvalue weighted by Crippen LogP contribution is -2.31. The Hall–Kier alpha value is -0.840. The van der Waals surface area contributed by atoms with E-state index in [2.05, 4.69) is 10.3 Å². The van der Waals surface area contributed by atoms with Crippen molar-refractivity contribution in [3.05, 3.63) is 22.8 Å². The number of nitrogens with zero attached hydrogens (tertiary/aromatic N) is 2. The molecular weight excluding hydrogens is 226 g/mol. The summed E-state index contributed by atoms with van der Waals surface area (Å²) in [6.45, 7) is 2.95. The lowest BCUT2D eigenvalue weighted by molar-refractivity contribution is 0.148.